The normalized spacial score (nSPS) is 10.5. The second-order valence-corrected chi connectivity index (χ2v) is 3.39. The number of amides is 1. The van der Waals surface area contributed by atoms with Crippen LogP contribution in [-0.2, 0) is 4.79 Å². The zero-order valence-corrected chi connectivity index (χ0v) is 8.27. The van der Waals surface area contributed by atoms with Crippen LogP contribution in [0.5, 0.6) is 0 Å². The Morgan fingerprint density at radius 2 is 1.67 bits per heavy atom. The summed E-state index contributed by atoms with van der Waals surface area (Å²) in [4.78, 5) is 11.2. The van der Waals surface area contributed by atoms with Crippen molar-refractivity contribution in [3.63, 3.8) is 0 Å². The van der Waals surface area contributed by atoms with Gasteiger partial charge in [0.05, 0.1) is 0 Å². The summed E-state index contributed by atoms with van der Waals surface area (Å²) in [5.41, 5.74) is -0.616. The van der Waals surface area contributed by atoms with Gasteiger partial charge in [-0.05, 0) is 0 Å². The van der Waals surface area contributed by atoms with Crippen LogP contribution < -0.4 is 5.32 Å². The number of carbonyl (C=O) groups excluding carboxylic acids is 1. The fourth-order valence-corrected chi connectivity index (χ4v) is 0.929. The third kappa shape index (κ3) is 2.71. The zero-order chi connectivity index (χ0) is 11.6. The monoisotopic (exact) mass is 217 g/mol. The van der Waals surface area contributed by atoms with Gasteiger partial charge in [0.1, 0.15) is 11.5 Å². The van der Waals surface area contributed by atoms with Gasteiger partial charge in [0.15, 0.2) is 11.6 Å². The maximum atomic E-state index is 13.0. The molecule has 1 N–H and O–H groups in total. The molecule has 15 heavy (non-hydrogen) atoms. The number of rotatable bonds is 2. The van der Waals surface area contributed by atoms with Crippen LogP contribution in [0.3, 0.4) is 0 Å². The number of hydrogen-bond donors (Lipinski definition) is 1. The number of halogens is 3. The lowest BCUT2D eigenvalue weighted by Gasteiger charge is -2.09. The third-order valence-corrected chi connectivity index (χ3v) is 1.78. The van der Waals surface area contributed by atoms with Gasteiger partial charge in [-0.1, -0.05) is 13.8 Å². The molecule has 0 radical (unpaired) electrons. The standard InChI is InChI=1S/C10H10F3NO/c1-5(2)10(15)14-9-7(12)3-6(11)4-8(9)13/h3-5H,1-2H3,(H,14,15). The molecule has 0 aliphatic carbocycles. The Labute approximate surface area is 85.1 Å². The maximum absolute atomic E-state index is 13.0. The van der Waals surface area contributed by atoms with E-state index >= 15 is 0 Å². The molecule has 5 heteroatoms. The van der Waals surface area contributed by atoms with Crippen molar-refractivity contribution in [2.45, 2.75) is 13.8 Å². The molecule has 1 aromatic rings. The summed E-state index contributed by atoms with van der Waals surface area (Å²) >= 11 is 0. The predicted molar refractivity (Wildman–Crippen MR) is 49.8 cm³/mol. The fourth-order valence-electron chi connectivity index (χ4n) is 0.929. The van der Waals surface area contributed by atoms with E-state index in [0.717, 1.165) is 0 Å². The van der Waals surface area contributed by atoms with Gasteiger partial charge in [0.25, 0.3) is 0 Å². The summed E-state index contributed by atoms with van der Waals surface area (Å²) < 4.78 is 38.6. The SMILES string of the molecule is CC(C)C(=O)Nc1c(F)cc(F)cc1F. The van der Waals surface area contributed by atoms with Crippen LogP contribution in [0.1, 0.15) is 13.8 Å². The lowest BCUT2D eigenvalue weighted by Crippen LogP contribution is -2.19. The van der Waals surface area contributed by atoms with E-state index in [2.05, 4.69) is 0 Å². The van der Waals surface area contributed by atoms with Crippen molar-refractivity contribution in [3.8, 4) is 0 Å². The largest absolute Gasteiger partial charge is 0.321 e. The van der Waals surface area contributed by atoms with E-state index in [1.165, 1.54) is 0 Å². The molecule has 0 saturated carbocycles. The molecule has 2 nitrogen and oxygen atoms in total. The first-order chi connectivity index (χ1) is 6.91. The van der Waals surface area contributed by atoms with E-state index in [9.17, 15) is 18.0 Å². The number of nitrogens with one attached hydrogen (secondary N) is 1. The van der Waals surface area contributed by atoms with Crippen LogP contribution >= 0.6 is 0 Å². The van der Waals surface area contributed by atoms with Crippen LogP contribution in [0.25, 0.3) is 0 Å². The van der Waals surface area contributed by atoms with Crippen LogP contribution in [0.15, 0.2) is 12.1 Å². The summed E-state index contributed by atoms with van der Waals surface area (Å²) in [6, 6.07) is 1.03. The Kier molecular flexibility index (Phi) is 3.34. The lowest BCUT2D eigenvalue weighted by atomic mass is 10.2. The smallest absolute Gasteiger partial charge is 0.227 e. The Hall–Kier alpha value is -1.52. The van der Waals surface area contributed by atoms with Gasteiger partial charge in [-0.15, -0.1) is 0 Å². The summed E-state index contributed by atoms with van der Waals surface area (Å²) in [6.45, 7) is 3.16. The van der Waals surface area contributed by atoms with Crippen molar-refractivity contribution in [1.82, 2.24) is 0 Å². The van der Waals surface area contributed by atoms with Gasteiger partial charge in [0.2, 0.25) is 5.91 Å². The van der Waals surface area contributed by atoms with Crippen molar-refractivity contribution >= 4 is 11.6 Å². The van der Waals surface area contributed by atoms with Crippen molar-refractivity contribution in [2.24, 2.45) is 5.92 Å². The van der Waals surface area contributed by atoms with Crippen LogP contribution in [-0.4, -0.2) is 5.91 Å². The quantitative estimate of drug-likeness (QED) is 0.810. The Balaban J connectivity index is 3.00. The van der Waals surface area contributed by atoms with E-state index < -0.39 is 35.0 Å². The Morgan fingerprint density at radius 1 is 1.20 bits per heavy atom. The third-order valence-electron chi connectivity index (χ3n) is 1.78. The second-order valence-electron chi connectivity index (χ2n) is 3.39. The van der Waals surface area contributed by atoms with Crippen molar-refractivity contribution in [2.75, 3.05) is 5.32 Å². The molecule has 82 valence electrons. The van der Waals surface area contributed by atoms with Gasteiger partial charge in [-0.2, -0.15) is 0 Å². The molecule has 0 bridgehead atoms. The summed E-state index contributed by atoms with van der Waals surface area (Å²) in [6.07, 6.45) is 0. The van der Waals surface area contributed by atoms with Gasteiger partial charge in [-0.25, -0.2) is 13.2 Å². The molecule has 0 aliphatic rings. The van der Waals surface area contributed by atoms with Gasteiger partial charge in [-0.3, -0.25) is 4.79 Å². The topological polar surface area (TPSA) is 29.1 Å². The maximum Gasteiger partial charge on any atom is 0.227 e. The van der Waals surface area contributed by atoms with Gasteiger partial charge in [0, 0.05) is 18.1 Å². The zero-order valence-electron chi connectivity index (χ0n) is 8.27. The van der Waals surface area contributed by atoms with Crippen LogP contribution in [0.4, 0.5) is 18.9 Å². The van der Waals surface area contributed by atoms with Crippen molar-refractivity contribution < 1.29 is 18.0 Å². The molecule has 1 rings (SSSR count). The average molecular weight is 217 g/mol. The van der Waals surface area contributed by atoms with Crippen LogP contribution in [0, 0.1) is 23.4 Å². The minimum Gasteiger partial charge on any atom is -0.321 e. The van der Waals surface area contributed by atoms with Crippen molar-refractivity contribution in [3.05, 3.63) is 29.6 Å². The minimum atomic E-state index is -1.12. The van der Waals surface area contributed by atoms with Crippen molar-refractivity contribution in [1.29, 1.82) is 0 Å². The molecule has 0 spiro atoms. The van der Waals surface area contributed by atoms with E-state index in [4.69, 9.17) is 0 Å². The fraction of sp³-hybridized carbons (Fsp3) is 0.300. The molecule has 0 unspecified atom stereocenters. The first-order valence-electron chi connectivity index (χ1n) is 4.37. The average Bonchev–Trinajstić information content (AvgIpc) is 2.10. The highest BCUT2D eigenvalue weighted by Gasteiger charge is 2.15. The predicted octanol–water partition coefficient (Wildman–Crippen LogP) is 2.70. The first kappa shape index (κ1) is 11.6. The molecule has 1 amide bonds. The van der Waals surface area contributed by atoms with E-state index in [0.29, 0.717) is 12.1 Å². The number of carbonyl (C=O) groups is 1. The highest BCUT2D eigenvalue weighted by atomic mass is 19.1. The highest BCUT2D eigenvalue weighted by Crippen LogP contribution is 2.20. The summed E-state index contributed by atoms with van der Waals surface area (Å²) in [7, 11) is 0. The Morgan fingerprint density at radius 3 is 2.07 bits per heavy atom. The number of anilines is 1. The minimum absolute atomic E-state index is 0.408. The molecular weight excluding hydrogens is 207 g/mol. The van der Waals surface area contributed by atoms with E-state index in [-0.39, 0.29) is 0 Å². The number of benzene rings is 1. The summed E-state index contributed by atoms with van der Waals surface area (Å²) in [5.74, 6) is -4.20. The van der Waals surface area contributed by atoms with Gasteiger partial charge >= 0.3 is 0 Å². The molecule has 0 aliphatic heterocycles. The first-order valence-corrected chi connectivity index (χ1v) is 4.37. The van der Waals surface area contributed by atoms with Crippen LogP contribution in [0.2, 0.25) is 0 Å². The number of hydrogen-bond acceptors (Lipinski definition) is 1. The Bertz CT molecular complexity index is 367. The van der Waals surface area contributed by atoms with Gasteiger partial charge < -0.3 is 5.32 Å². The van der Waals surface area contributed by atoms with E-state index in [1.807, 2.05) is 5.32 Å². The summed E-state index contributed by atoms with van der Waals surface area (Å²) in [5, 5.41) is 2.05. The second kappa shape index (κ2) is 4.33. The molecule has 1 aromatic carbocycles. The van der Waals surface area contributed by atoms with E-state index in [1.54, 1.807) is 13.8 Å². The lowest BCUT2D eigenvalue weighted by molar-refractivity contribution is -0.118. The molecule has 0 saturated heterocycles. The molecule has 0 heterocycles. The highest BCUT2D eigenvalue weighted by molar-refractivity contribution is 5.92. The molecule has 0 atom stereocenters. The molecule has 0 aromatic heterocycles. The molecule has 0 fully saturated rings. The molecular formula is C10H10F3NO.